The molecule has 7 atom stereocenters. The number of hydrogen-bond donors (Lipinski definition) is 13. The number of amides is 5. The Kier molecular flexibility index (Phi) is 36.2. The molecule has 1 saturated heterocycles. The summed E-state index contributed by atoms with van der Waals surface area (Å²) >= 11 is 0. The van der Waals surface area contributed by atoms with E-state index in [0.717, 1.165) is 83.5 Å². The van der Waals surface area contributed by atoms with Gasteiger partial charge in [-0.15, -0.1) is 0 Å². The van der Waals surface area contributed by atoms with Crippen LogP contribution < -0.4 is 37.2 Å². The zero-order chi connectivity index (χ0) is 57.7. The van der Waals surface area contributed by atoms with Crippen LogP contribution in [0.4, 0.5) is 0 Å². The number of Topliss-reactive ketones (excluding diaryl/α,β-unsaturated/α-hetero) is 2. The van der Waals surface area contributed by atoms with E-state index in [0.29, 0.717) is 6.42 Å². The first-order chi connectivity index (χ1) is 36.5. The summed E-state index contributed by atoms with van der Waals surface area (Å²) in [4.78, 5) is 158. The third-order valence-electron chi connectivity index (χ3n) is 12.4. The third kappa shape index (κ3) is 33.8. The molecule has 1 aliphatic rings. The topological polar surface area (TPSA) is 427 Å². The number of carboxylic acids is 6. The first-order valence-electron chi connectivity index (χ1n) is 26.1. The van der Waals surface area contributed by atoms with E-state index in [-0.39, 0.29) is 49.6 Å². The van der Waals surface area contributed by atoms with Crippen molar-refractivity contribution in [3.8, 4) is 0 Å². The van der Waals surface area contributed by atoms with E-state index in [9.17, 15) is 87.9 Å². The quantitative estimate of drug-likeness (QED) is 0.0305. The van der Waals surface area contributed by atoms with Crippen LogP contribution in [0, 0.1) is 0 Å². The van der Waals surface area contributed by atoms with Gasteiger partial charge in [-0.3, -0.25) is 53.8 Å². The number of nitrogens with one attached hydrogen (secondary N) is 7. The molecule has 5 amide bonds. The maximum atomic E-state index is 12.7. The van der Waals surface area contributed by atoms with Gasteiger partial charge in [-0.1, -0.05) is 98.6 Å². The molecule has 13 N–H and O–H groups in total. The van der Waals surface area contributed by atoms with Gasteiger partial charge >= 0.3 is 35.8 Å². The summed E-state index contributed by atoms with van der Waals surface area (Å²) < 4.78 is 0. The molecule has 26 nitrogen and oxygen atoms in total. The molecule has 0 aromatic rings. The number of hydrogen-bond acceptors (Lipinski definition) is 17. The minimum absolute atomic E-state index is 0.0822. The molecule has 0 aromatic heterocycles. The summed E-state index contributed by atoms with van der Waals surface area (Å²) in [5.41, 5.74) is 0. The molecule has 0 aromatic carbocycles. The van der Waals surface area contributed by atoms with Crippen LogP contribution in [0.5, 0.6) is 0 Å². The summed E-state index contributed by atoms with van der Waals surface area (Å²) in [7, 11) is 2.51. The molecule has 0 bridgehead atoms. The van der Waals surface area contributed by atoms with Crippen molar-refractivity contribution in [2.24, 2.45) is 0 Å². The highest BCUT2D eigenvalue weighted by Crippen LogP contribution is 2.24. The highest BCUT2D eigenvalue weighted by molar-refractivity contribution is 8.76. The standard InChI is InChI=1S/C49H79N7O19S2/c1-30(37(57)26-50-35-28-76-77-29-36(49(74)75)51-27-38(35)58)52-40(60)22-18-32(46(68)69)54-42(62)24-20-34(48(72)73)56-43(63)25-21-33(47(70)71)55-41(61)23-19-31(45(66)67)53-39(59)16-14-12-10-8-6-4-2-3-5-7-9-11-13-15-17-44(64)65/h30-36,50-51H,2-29H2,1H3,(H,52,60)(H,53,59)(H,54,62)(H,55,61)(H,56,63)(H,64,65)(H,66,67)(H,68,69)(H,70,71)(H,72,73)(H,74,75)/t30-,31-,32+,33-,34+,35-,36-/m0/s1. The monoisotopic (exact) mass is 1130 g/mol. The first kappa shape index (κ1) is 69.1. The Hall–Kier alpha value is -5.87. The van der Waals surface area contributed by atoms with E-state index >= 15 is 0 Å². The zero-order valence-corrected chi connectivity index (χ0v) is 45.3. The summed E-state index contributed by atoms with van der Waals surface area (Å²) in [5.74, 6) is -12.4. The van der Waals surface area contributed by atoms with E-state index in [1.807, 2.05) is 0 Å². The molecule has 0 aliphatic carbocycles. The molecule has 77 heavy (non-hydrogen) atoms. The molecular weight excluding hydrogens is 1050 g/mol. The highest BCUT2D eigenvalue weighted by atomic mass is 33.1. The molecule has 0 radical (unpaired) electrons. The predicted molar refractivity (Wildman–Crippen MR) is 280 cm³/mol. The fraction of sp³-hybridized carbons (Fsp3) is 0.735. The molecule has 1 aliphatic heterocycles. The summed E-state index contributed by atoms with van der Waals surface area (Å²) in [6.45, 7) is 0.807. The molecule has 0 saturated carbocycles. The molecule has 28 heteroatoms. The van der Waals surface area contributed by atoms with Crippen molar-refractivity contribution in [3.63, 3.8) is 0 Å². The second-order valence-electron chi connectivity index (χ2n) is 18.8. The lowest BCUT2D eigenvalue weighted by Gasteiger charge is -2.19. The van der Waals surface area contributed by atoms with Crippen LogP contribution in [-0.4, -0.2) is 174 Å². The molecule has 1 heterocycles. The number of aliphatic carboxylic acids is 6. The summed E-state index contributed by atoms with van der Waals surface area (Å²) in [6.07, 6.45) is 10.2. The van der Waals surface area contributed by atoms with E-state index in [4.69, 9.17) is 5.11 Å². The lowest BCUT2D eigenvalue weighted by molar-refractivity contribution is -0.144. The fourth-order valence-corrected chi connectivity index (χ4v) is 10.1. The molecule has 0 spiro atoms. The van der Waals surface area contributed by atoms with Crippen LogP contribution in [-0.2, 0) is 62.3 Å². The van der Waals surface area contributed by atoms with Gasteiger partial charge in [-0.2, -0.15) is 0 Å². The van der Waals surface area contributed by atoms with Crippen molar-refractivity contribution >= 4 is 98.5 Å². The Balaban J connectivity index is 2.44. The minimum Gasteiger partial charge on any atom is -0.481 e. The minimum atomic E-state index is -1.69. The Morgan fingerprint density at radius 3 is 1.14 bits per heavy atom. The van der Waals surface area contributed by atoms with Crippen molar-refractivity contribution in [2.45, 2.75) is 203 Å². The normalized spacial score (nSPS) is 16.6. The van der Waals surface area contributed by atoms with Crippen molar-refractivity contribution in [3.05, 3.63) is 0 Å². The lowest BCUT2D eigenvalue weighted by Crippen LogP contribution is -2.50. The van der Waals surface area contributed by atoms with Gasteiger partial charge < -0.3 is 57.2 Å². The Labute approximate surface area is 455 Å². The van der Waals surface area contributed by atoms with Gasteiger partial charge in [0, 0.05) is 50.0 Å². The zero-order valence-electron chi connectivity index (χ0n) is 43.6. The van der Waals surface area contributed by atoms with Gasteiger partial charge in [0.05, 0.1) is 25.2 Å². The van der Waals surface area contributed by atoms with Crippen molar-refractivity contribution < 1.29 is 93.0 Å². The van der Waals surface area contributed by atoms with Crippen molar-refractivity contribution in [2.75, 3.05) is 24.6 Å². The first-order valence-corrected chi connectivity index (χ1v) is 28.6. The molecular formula is C49H79N7O19S2. The number of carbonyl (C=O) groups is 13. The average Bonchev–Trinajstić information content (AvgIpc) is 3.45. The summed E-state index contributed by atoms with van der Waals surface area (Å²) in [6, 6.07) is -9.18. The van der Waals surface area contributed by atoms with Gasteiger partial charge in [0.15, 0.2) is 11.6 Å². The Morgan fingerprint density at radius 1 is 0.468 bits per heavy atom. The van der Waals surface area contributed by atoms with Gasteiger partial charge in [0.1, 0.15) is 30.2 Å². The van der Waals surface area contributed by atoms with Crippen LogP contribution in [0.15, 0.2) is 0 Å². The van der Waals surface area contributed by atoms with Crippen molar-refractivity contribution in [1.29, 1.82) is 0 Å². The third-order valence-corrected chi connectivity index (χ3v) is 14.8. The Bertz CT molecular complexity index is 1980. The number of carboxylic acid groups (broad SMARTS) is 6. The fourth-order valence-electron chi connectivity index (χ4n) is 7.71. The Morgan fingerprint density at radius 2 is 0.792 bits per heavy atom. The number of carbonyl (C=O) groups excluding carboxylic acids is 7. The lowest BCUT2D eigenvalue weighted by atomic mass is 10.0. The van der Waals surface area contributed by atoms with E-state index in [2.05, 4.69) is 37.2 Å². The number of unbranched alkanes of at least 4 members (excludes halogenated alkanes) is 13. The van der Waals surface area contributed by atoms with E-state index < -0.39 is 158 Å². The molecule has 0 unspecified atom stereocenters. The average molecular weight is 1130 g/mol. The van der Waals surface area contributed by atoms with E-state index in [1.165, 1.54) is 28.5 Å². The van der Waals surface area contributed by atoms with Gasteiger partial charge in [-0.25, -0.2) is 19.2 Å². The number of rotatable bonds is 43. The van der Waals surface area contributed by atoms with Crippen LogP contribution in [0.1, 0.15) is 161 Å². The van der Waals surface area contributed by atoms with Crippen LogP contribution in [0.25, 0.3) is 0 Å². The maximum Gasteiger partial charge on any atom is 0.326 e. The van der Waals surface area contributed by atoms with E-state index in [1.54, 1.807) is 0 Å². The van der Waals surface area contributed by atoms with Gasteiger partial charge in [0.25, 0.3) is 0 Å². The molecule has 436 valence electrons. The largest absolute Gasteiger partial charge is 0.481 e. The number of ketones is 2. The smallest absolute Gasteiger partial charge is 0.326 e. The highest BCUT2D eigenvalue weighted by Gasteiger charge is 2.29. The van der Waals surface area contributed by atoms with Crippen LogP contribution in [0.3, 0.4) is 0 Å². The predicted octanol–water partition coefficient (Wildman–Crippen LogP) is 1.75. The maximum absolute atomic E-state index is 12.7. The summed E-state index contributed by atoms with van der Waals surface area (Å²) in [5, 5.41) is 73.3. The van der Waals surface area contributed by atoms with Crippen LogP contribution >= 0.6 is 21.6 Å². The van der Waals surface area contributed by atoms with Crippen LogP contribution in [0.2, 0.25) is 0 Å². The second kappa shape index (κ2) is 40.4. The van der Waals surface area contributed by atoms with Crippen molar-refractivity contribution in [1.82, 2.24) is 37.2 Å². The molecule has 1 rings (SSSR count). The second-order valence-corrected chi connectivity index (χ2v) is 21.4. The van der Waals surface area contributed by atoms with Gasteiger partial charge in [-0.05, 0) is 45.4 Å². The molecule has 1 fully saturated rings. The van der Waals surface area contributed by atoms with Gasteiger partial charge in [0.2, 0.25) is 29.5 Å². The SMILES string of the molecule is C[C@H](NC(=O)CC[C@@H](NC(=O)CC[C@@H](NC(=O)CC[C@H](NC(=O)CC[C@H](NC(=O)CCCCCCCCCCCCCCCCC(=O)O)C(=O)O)C(=O)O)C(=O)O)C(=O)O)C(=O)CN[C@H]1CSSC[C@@H](C(=O)O)NCC1=O.